The maximum absolute atomic E-state index is 11.4. The molecule has 0 saturated heterocycles. The SMILES string of the molecule is C.C1=CC2CCC1C2.C=CC(=O)OC.COC(=O)C(C)CC1C2CCC(C2)C1C. The van der Waals surface area contributed by atoms with Crippen LogP contribution in [-0.4, -0.2) is 26.2 Å². The first-order chi connectivity index (χ1) is 13.4. The number of allylic oxidation sites excluding steroid dienone is 2. The third-order valence-corrected chi connectivity index (χ3v) is 7.30. The number of rotatable bonds is 4. The van der Waals surface area contributed by atoms with E-state index in [1.807, 2.05) is 6.92 Å². The Hall–Kier alpha value is -1.58. The molecule has 7 unspecified atom stereocenters. The second kappa shape index (κ2) is 12.2. The van der Waals surface area contributed by atoms with Gasteiger partial charge in [-0.25, -0.2) is 4.79 Å². The van der Waals surface area contributed by atoms with Crippen molar-refractivity contribution in [1.82, 2.24) is 0 Å². The molecule has 0 aromatic rings. The molecule has 0 aromatic heterocycles. The van der Waals surface area contributed by atoms with Gasteiger partial charge >= 0.3 is 11.9 Å². The summed E-state index contributed by atoms with van der Waals surface area (Å²) in [5, 5.41) is 0. The number of esters is 2. The van der Waals surface area contributed by atoms with E-state index in [9.17, 15) is 9.59 Å². The van der Waals surface area contributed by atoms with Gasteiger partial charge in [0.15, 0.2) is 0 Å². The van der Waals surface area contributed by atoms with Crippen molar-refractivity contribution in [2.24, 2.45) is 41.4 Å². The fourth-order valence-corrected chi connectivity index (χ4v) is 5.61. The maximum Gasteiger partial charge on any atom is 0.329 e. The molecule has 0 amide bonds. The molecule has 4 nitrogen and oxygen atoms in total. The predicted molar refractivity (Wildman–Crippen MR) is 118 cm³/mol. The zero-order chi connectivity index (χ0) is 20.7. The van der Waals surface area contributed by atoms with Crippen LogP contribution in [0.4, 0.5) is 0 Å². The number of ether oxygens (including phenoxy) is 2. The summed E-state index contributed by atoms with van der Waals surface area (Å²) >= 11 is 0. The third kappa shape index (κ3) is 7.01. The lowest BCUT2D eigenvalue weighted by molar-refractivity contribution is -0.145. The molecule has 0 N–H and O–H groups in total. The van der Waals surface area contributed by atoms with Gasteiger partial charge in [-0.15, -0.1) is 0 Å². The van der Waals surface area contributed by atoms with Gasteiger partial charge in [0.25, 0.3) is 0 Å². The van der Waals surface area contributed by atoms with Crippen LogP contribution in [0, 0.1) is 41.4 Å². The molecule has 0 aliphatic heterocycles. The molecule has 7 atom stereocenters. The quantitative estimate of drug-likeness (QED) is 0.335. The van der Waals surface area contributed by atoms with Crippen LogP contribution in [0.5, 0.6) is 0 Å². The molecular weight excluding hydrogens is 364 g/mol. The van der Waals surface area contributed by atoms with Gasteiger partial charge in [0, 0.05) is 6.08 Å². The molecule has 3 fully saturated rings. The number of fused-ring (bicyclic) bond motifs is 4. The summed E-state index contributed by atoms with van der Waals surface area (Å²) < 4.78 is 8.94. The molecule has 4 rings (SSSR count). The minimum Gasteiger partial charge on any atom is -0.469 e. The number of hydrogen-bond acceptors (Lipinski definition) is 4. The zero-order valence-electron chi connectivity index (χ0n) is 18.1. The number of hydrogen-bond donors (Lipinski definition) is 0. The van der Waals surface area contributed by atoms with Crippen molar-refractivity contribution >= 4 is 11.9 Å². The lowest BCUT2D eigenvalue weighted by Gasteiger charge is -2.29. The van der Waals surface area contributed by atoms with E-state index in [1.165, 1.54) is 52.7 Å². The van der Waals surface area contributed by atoms with E-state index in [-0.39, 0.29) is 19.3 Å². The predicted octanol–water partition coefficient (Wildman–Crippen LogP) is 5.82. The number of carbonyl (C=O) groups is 2. The summed E-state index contributed by atoms with van der Waals surface area (Å²) in [6.45, 7) is 7.53. The molecule has 0 spiro atoms. The van der Waals surface area contributed by atoms with Crippen LogP contribution in [0.25, 0.3) is 0 Å². The van der Waals surface area contributed by atoms with Gasteiger partial charge < -0.3 is 9.47 Å². The molecule has 0 radical (unpaired) electrons. The van der Waals surface area contributed by atoms with Crippen LogP contribution in [0.15, 0.2) is 24.8 Å². The second-order valence-electron chi connectivity index (χ2n) is 8.96. The average molecular weight is 407 g/mol. The van der Waals surface area contributed by atoms with E-state index in [1.54, 1.807) is 0 Å². The van der Waals surface area contributed by atoms with E-state index < -0.39 is 5.97 Å². The highest BCUT2D eigenvalue weighted by molar-refractivity contribution is 5.80. The first kappa shape index (κ1) is 25.5. The summed E-state index contributed by atoms with van der Waals surface area (Å²) in [7, 11) is 2.80. The summed E-state index contributed by atoms with van der Waals surface area (Å²) in [5.41, 5.74) is 0. The lowest BCUT2D eigenvalue weighted by Crippen LogP contribution is -2.25. The molecule has 29 heavy (non-hydrogen) atoms. The van der Waals surface area contributed by atoms with E-state index >= 15 is 0 Å². The summed E-state index contributed by atoms with van der Waals surface area (Å²) in [4.78, 5) is 21.2. The maximum atomic E-state index is 11.4. The highest BCUT2D eigenvalue weighted by Crippen LogP contribution is 2.54. The first-order valence-corrected chi connectivity index (χ1v) is 10.9. The van der Waals surface area contributed by atoms with Gasteiger partial charge in [-0.2, -0.15) is 0 Å². The standard InChI is InChI=1S/C13H22O2.C7H10.C4H6O2.CH4/c1-8(13(14)15-3)6-12-9(2)10-4-5-11(12)7-10;1-2-7-4-3-6(1)5-7;1-3-4(5)6-2;/h8-12H,4-7H2,1-3H3;1-2,6-7H,3-5H2;3H,1H2,2H3;1H4. The van der Waals surface area contributed by atoms with Crippen molar-refractivity contribution in [3.05, 3.63) is 24.8 Å². The Labute approximate surface area is 178 Å². The molecule has 4 aliphatic rings. The van der Waals surface area contributed by atoms with E-state index in [0.29, 0.717) is 0 Å². The third-order valence-electron chi connectivity index (χ3n) is 7.30. The molecule has 4 bridgehead atoms. The molecule has 4 heteroatoms. The van der Waals surface area contributed by atoms with Crippen LogP contribution < -0.4 is 0 Å². The minimum atomic E-state index is -0.394. The molecule has 3 saturated carbocycles. The van der Waals surface area contributed by atoms with Gasteiger partial charge in [0.1, 0.15) is 0 Å². The lowest BCUT2D eigenvalue weighted by atomic mass is 9.76. The smallest absolute Gasteiger partial charge is 0.329 e. The van der Waals surface area contributed by atoms with Gasteiger partial charge in [0.05, 0.1) is 20.1 Å². The van der Waals surface area contributed by atoms with Crippen molar-refractivity contribution < 1.29 is 19.1 Å². The van der Waals surface area contributed by atoms with Crippen molar-refractivity contribution in [3.63, 3.8) is 0 Å². The Morgan fingerprint density at radius 3 is 1.93 bits per heavy atom. The Kier molecular flexibility index (Phi) is 10.7. The van der Waals surface area contributed by atoms with E-state index in [4.69, 9.17) is 4.74 Å². The molecule has 0 heterocycles. The van der Waals surface area contributed by atoms with E-state index in [0.717, 1.165) is 48.0 Å². The molecule has 0 aromatic carbocycles. The van der Waals surface area contributed by atoms with Gasteiger partial charge in [-0.1, -0.05) is 40.0 Å². The van der Waals surface area contributed by atoms with Crippen LogP contribution in [0.2, 0.25) is 0 Å². The van der Waals surface area contributed by atoms with Crippen molar-refractivity contribution in [3.8, 4) is 0 Å². The van der Waals surface area contributed by atoms with Gasteiger partial charge in [-0.3, -0.25) is 4.79 Å². The summed E-state index contributed by atoms with van der Waals surface area (Å²) in [5.74, 6) is 5.09. The normalized spacial score (nSPS) is 33.4. The molecule has 166 valence electrons. The summed E-state index contributed by atoms with van der Waals surface area (Å²) in [6, 6.07) is 0. The Bertz CT molecular complexity index is 553. The zero-order valence-corrected chi connectivity index (χ0v) is 18.1. The number of methoxy groups -OCH3 is 2. The number of carbonyl (C=O) groups excluding carboxylic acids is 2. The minimum absolute atomic E-state index is 0. The average Bonchev–Trinajstić information content (AvgIpc) is 3.51. The summed E-state index contributed by atoms with van der Waals surface area (Å²) in [6.07, 6.45) is 15.6. The van der Waals surface area contributed by atoms with Crippen LogP contribution in [0.3, 0.4) is 0 Å². The van der Waals surface area contributed by atoms with Crippen molar-refractivity contribution in [1.29, 1.82) is 0 Å². The fraction of sp³-hybridized carbons (Fsp3) is 0.760. The highest BCUT2D eigenvalue weighted by atomic mass is 16.5. The highest BCUT2D eigenvalue weighted by Gasteiger charge is 2.45. The van der Waals surface area contributed by atoms with Gasteiger partial charge in [0.2, 0.25) is 0 Å². The Morgan fingerprint density at radius 1 is 1.03 bits per heavy atom. The van der Waals surface area contributed by atoms with Crippen LogP contribution >= 0.6 is 0 Å². The van der Waals surface area contributed by atoms with Crippen molar-refractivity contribution in [2.45, 2.75) is 66.2 Å². The van der Waals surface area contributed by atoms with E-state index in [2.05, 4.69) is 30.4 Å². The Morgan fingerprint density at radius 2 is 1.62 bits per heavy atom. The van der Waals surface area contributed by atoms with Crippen LogP contribution in [0.1, 0.15) is 66.2 Å². The largest absolute Gasteiger partial charge is 0.469 e. The molecule has 4 aliphatic carbocycles. The fourth-order valence-electron chi connectivity index (χ4n) is 5.61. The Balaban J connectivity index is 0.000000250. The topological polar surface area (TPSA) is 52.6 Å². The van der Waals surface area contributed by atoms with Gasteiger partial charge in [-0.05, 0) is 80.5 Å². The first-order valence-electron chi connectivity index (χ1n) is 10.9. The molecular formula is C25H42O4. The second-order valence-corrected chi connectivity index (χ2v) is 8.96. The van der Waals surface area contributed by atoms with Crippen molar-refractivity contribution in [2.75, 3.05) is 14.2 Å². The van der Waals surface area contributed by atoms with Crippen LogP contribution in [-0.2, 0) is 19.1 Å². The monoisotopic (exact) mass is 406 g/mol.